The Labute approximate surface area is 122 Å². The number of rotatable bonds is 7. The molecule has 2 N–H and O–H groups in total. The zero-order valence-electron chi connectivity index (χ0n) is 11.1. The third-order valence-electron chi connectivity index (χ3n) is 2.63. The fourth-order valence-electron chi connectivity index (χ4n) is 1.69. The first-order chi connectivity index (χ1) is 9.47. The molecule has 0 aliphatic carbocycles. The highest BCUT2D eigenvalue weighted by atomic mass is 35.5. The van der Waals surface area contributed by atoms with Crippen molar-refractivity contribution in [3.05, 3.63) is 41.4 Å². The number of carboxylic acids is 1. The van der Waals surface area contributed by atoms with Gasteiger partial charge < -0.3 is 15.2 Å². The Morgan fingerprint density at radius 1 is 1.55 bits per heavy atom. The van der Waals surface area contributed by atoms with Gasteiger partial charge in [-0.1, -0.05) is 17.7 Å². The molecular formula is C14H16ClNO4. The number of methoxy groups -OCH3 is 1. The molecule has 1 rings (SSSR count). The molecule has 108 valence electrons. The van der Waals surface area contributed by atoms with Crippen molar-refractivity contribution in [2.45, 2.75) is 18.9 Å². The van der Waals surface area contributed by atoms with E-state index in [2.05, 4.69) is 11.9 Å². The Bertz CT molecular complexity index is 516. The van der Waals surface area contributed by atoms with Gasteiger partial charge >= 0.3 is 5.97 Å². The van der Waals surface area contributed by atoms with Crippen LogP contribution in [0.3, 0.4) is 0 Å². The summed E-state index contributed by atoms with van der Waals surface area (Å²) in [5, 5.41) is 11.9. The number of amides is 1. The van der Waals surface area contributed by atoms with Crippen LogP contribution in [0.25, 0.3) is 0 Å². The van der Waals surface area contributed by atoms with Gasteiger partial charge in [-0.2, -0.15) is 0 Å². The molecular weight excluding hydrogens is 282 g/mol. The molecule has 0 bridgehead atoms. The Balaban J connectivity index is 2.77. The summed E-state index contributed by atoms with van der Waals surface area (Å²) in [6.45, 7) is 3.46. The molecule has 0 saturated carbocycles. The van der Waals surface area contributed by atoms with E-state index in [0.717, 1.165) is 0 Å². The minimum Gasteiger partial charge on any atom is -0.496 e. The lowest BCUT2D eigenvalue weighted by Gasteiger charge is -2.14. The summed E-state index contributed by atoms with van der Waals surface area (Å²) >= 11 is 5.87. The molecule has 1 aromatic rings. The third kappa shape index (κ3) is 4.59. The first-order valence-electron chi connectivity index (χ1n) is 5.93. The van der Waals surface area contributed by atoms with Crippen molar-refractivity contribution in [1.29, 1.82) is 0 Å². The summed E-state index contributed by atoms with van der Waals surface area (Å²) in [4.78, 5) is 22.8. The van der Waals surface area contributed by atoms with E-state index >= 15 is 0 Å². The molecule has 1 atom stereocenters. The van der Waals surface area contributed by atoms with Crippen LogP contribution >= 0.6 is 11.6 Å². The Morgan fingerprint density at radius 3 is 2.80 bits per heavy atom. The first-order valence-corrected chi connectivity index (χ1v) is 6.31. The summed E-state index contributed by atoms with van der Waals surface area (Å²) < 4.78 is 5.13. The third-order valence-corrected chi connectivity index (χ3v) is 2.86. The van der Waals surface area contributed by atoms with Gasteiger partial charge in [0, 0.05) is 10.6 Å². The van der Waals surface area contributed by atoms with Crippen molar-refractivity contribution < 1.29 is 19.4 Å². The number of carboxylic acid groups (broad SMARTS) is 1. The number of benzene rings is 1. The maximum Gasteiger partial charge on any atom is 0.326 e. The lowest BCUT2D eigenvalue weighted by atomic mass is 10.1. The Morgan fingerprint density at radius 2 is 2.25 bits per heavy atom. The number of aliphatic carboxylic acids is 1. The molecule has 0 aromatic heterocycles. The van der Waals surface area contributed by atoms with Gasteiger partial charge in [-0.15, -0.1) is 6.58 Å². The van der Waals surface area contributed by atoms with Gasteiger partial charge in [0.25, 0.3) is 0 Å². The average Bonchev–Trinajstić information content (AvgIpc) is 2.38. The van der Waals surface area contributed by atoms with Crippen LogP contribution in [0.5, 0.6) is 5.75 Å². The van der Waals surface area contributed by atoms with E-state index in [1.54, 1.807) is 18.2 Å². The molecule has 0 fully saturated rings. The minimum atomic E-state index is -1.10. The van der Waals surface area contributed by atoms with Crippen LogP contribution in [0.1, 0.15) is 12.0 Å². The van der Waals surface area contributed by atoms with E-state index in [-0.39, 0.29) is 12.8 Å². The molecule has 1 amide bonds. The molecule has 6 heteroatoms. The first kappa shape index (κ1) is 16.0. The quantitative estimate of drug-likeness (QED) is 0.755. The molecule has 0 spiro atoms. The molecule has 0 aliphatic rings. The molecule has 0 aliphatic heterocycles. The zero-order valence-corrected chi connectivity index (χ0v) is 11.8. The van der Waals surface area contributed by atoms with Gasteiger partial charge in [-0.25, -0.2) is 4.79 Å². The van der Waals surface area contributed by atoms with Crippen molar-refractivity contribution in [2.75, 3.05) is 7.11 Å². The number of halogens is 1. The second-order valence-corrected chi connectivity index (χ2v) is 4.55. The van der Waals surface area contributed by atoms with Crippen LogP contribution in [-0.2, 0) is 16.0 Å². The van der Waals surface area contributed by atoms with Crippen LogP contribution in [-0.4, -0.2) is 30.1 Å². The van der Waals surface area contributed by atoms with Gasteiger partial charge in [0.05, 0.1) is 13.5 Å². The smallest absolute Gasteiger partial charge is 0.326 e. The van der Waals surface area contributed by atoms with Gasteiger partial charge in [-0.3, -0.25) is 4.79 Å². The maximum atomic E-state index is 11.9. The van der Waals surface area contributed by atoms with E-state index < -0.39 is 17.9 Å². The monoisotopic (exact) mass is 297 g/mol. The second-order valence-electron chi connectivity index (χ2n) is 4.12. The summed E-state index contributed by atoms with van der Waals surface area (Å²) in [5.41, 5.74) is 0.597. The zero-order chi connectivity index (χ0) is 15.1. The standard InChI is InChI=1S/C14H16ClNO4/c1-3-4-11(14(18)19)16-13(17)8-9-7-10(15)5-6-12(9)20-2/h3,5-7,11H,1,4,8H2,2H3,(H,16,17)(H,18,19). The largest absolute Gasteiger partial charge is 0.496 e. The average molecular weight is 298 g/mol. The van der Waals surface area contributed by atoms with Gasteiger partial charge in [-0.05, 0) is 24.6 Å². The Hall–Kier alpha value is -2.01. The van der Waals surface area contributed by atoms with E-state index in [0.29, 0.717) is 16.3 Å². The van der Waals surface area contributed by atoms with E-state index in [9.17, 15) is 9.59 Å². The molecule has 0 saturated heterocycles. The van der Waals surface area contributed by atoms with Gasteiger partial charge in [0.2, 0.25) is 5.91 Å². The number of nitrogens with one attached hydrogen (secondary N) is 1. The molecule has 1 aromatic carbocycles. The molecule has 1 unspecified atom stereocenters. The molecule has 0 radical (unpaired) electrons. The van der Waals surface area contributed by atoms with Crippen molar-refractivity contribution >= 4 is 23.5 Å². The van der Waals surface area contributed by atoms with E-state index in [1.165, 1.54) is 13.2 Å². The predicted molar refractivity (Wildman–Crippen MR) is 76.1 cm³/mol. The second kappa shape index (κ2) is 7.55. The van der Waals surface area contributed by atoms with Crippen molar-refractivity contribution in [2.24, 2.45) is 0 Å². The van der Waals surface area contributed by atoms with Gasteiger partial charge in [0.1, 0.15) is 11.8 Å². The van der Waals surface area contributed by atoms with E-state index in [1.807, 2.05) is 0 Å². The van der Waals surface area contributed by atoms with E-state index in [4.69, 9.17) is 21.4 Å². The number of carbonyl (C=O) groups excluding carboxylic acids is 1. The number of carbonyl (C=O) groups is 2. The fourth-order valence-corrected chi connectivity index (χ4v) is 1.89. The van der Waals surface area contributed by atoms with Crippen LogP contribution in [0.2, 0.25) is 5.02 Å². The number of hydrogen-bond acceptors (Lipinski definition) is 3. The molecule has 0 heterocycles. The number of hydrogen-bond donors (Lipinski definition) is 2. The summed E-state index contributed by atoms with van der Waals surface area (Å²) in [6, 6.07) is 3.94. The minimum absolute atomic E-state index is 0.00927. The summed E-state index contributed by atoms with van der Waals surface area (Å²) in [7, 11) is 1.49. The molecule has 20 heavy (non-hydrogen) atoms. The highest BCUT2D eigenvalue weighted by Crippen LogP contribution is 2.23. The summed E-state index contributed by atoms with van der Waals surface area (Å²) in [6.07, 6.45) is 1.59. The highest BCUT2D eigenvalue weighted by molar-refractivity contribution is 6.30. The number of ether oxygens (including phenoxy) is 1. The van der Waals surface area contributed by atoms with Crippen LogP contribution in [0, 0.1) is 0 Å². The molecule has 5 nitrogen and oxygen atoms in total. The maximum absolute atomic E-state index is 11.9. The fraction of sp³-hybridized carbons (Fsp3) is 0.286. The van der Waals surface area contributed by atoms with Crippen molar-refractivity contribution in [3.63, 3.8) is 0 Å². The summed E-state index contributed by atoms with van der Waals surface area (Å²) in [5.74, 6) is -0.990. The van der Waals surface area contributed by atoms with Crippen LogP contribution < -0.4 is 10.1 Å². The lowest BCUT2D eigenvalue weighted by molar-refractivity contribution is -0.141. The van der Waals surface area contributed by atoms with Crippen LogP contribution in [0.15, 0.2) is 30.9 Å². The van der Waals surface area contributed by atoms with Crippen molar-refractivity contribution in [1.82, 2.24) is 5.32 Å². The van der Waals surface area contributed by atoms with Gasteiger partial charge in [0.15, 0.2) is 0 Å². The normalized spacial score (nSPS) is 11.5. The van der Waals surface area contributed by atoms with Crippen molar-refractivity contribution in [3.8, 4) is 5.75 Å². The lowest BCUT2D eigenvalue weighted by Crippen LogP contribution is -2.41. The predicted octanol–water partition coefficient (Wildman–Crippen LogP) is 2.04. The Kier molecular flexibility index (Phi) is 6.06. The topological polar surface area (TPSA) is 75.6 Å². The highest BCUT2D eigenvalue weighted by Gasteiger charge is 2.19. The SMILES string of the molecule is C=CCC(NC(=O)Cc1cc(Cl)ccc1OC)C(=O)O. The van der Waals surface area contributed by atoms with Crippen LogP contribution in [0.4, 0.5) is 0 Å².